The van der Waals surface area contributed by atoms with E-state index in [9.17, 15) is 10.4 Å². The number of nitriles is 1. The monoisotopic (exact) mass is 253 g/mol. The summed E-state index contributed by atoms with van der Waals surface area (Å²) < 4.78 is 0. The van der Waals surface area contributed by atoms with Crippen molar-refractivity contribution in [2.75, 3.05) is 18.5 Å². The molecule has 1 aromatic heterocycles. The molecule has 2 N–H and O–H groups in total. The quantitative estimate of drug-likeness (QED) is 0.877. The Morgan fingerprint density at radius 1 is 1.37 bits per heavy atom. The van der Waals surface area contributed by atoms with Gasteiger partial charge in [-0.15, -0.1) is 0 Å². The SMILES string of the molecule is N#Cc1cnc2ccccc2c1NCC1(CO)CC1. The molecule has 0 aliphatic heterocycles. The first-order valence-corrected chi connectivity index (χ1v) is 6.41. The number of benzene rings is 1. The molecule has 1 aromatic carbocycles. The van der Waals surface area contributed by atoms with Crippen LogP contribution < -0.4 is 5.32 Å². The van der Waals surface area contributed by atoms with Crippen molar-refractivity contribution in [2.24, 2.45) is 5.41 Å². The third-order valence-corrected chi connectivity index (χ3v) is 3.83. The second kappa shape index (κ2) is 4.52. The highest BCUT2D eigenvalue weighted by Crippen LogP contribution is 2.45. The zero-order valence-corrected chi connectivity index (χ0v) is 10.6. The molecule has 0 unspecified atom stereocenters. The number of aliphatic hydroxyl groups is 1. The number of fused-ring (bicyclic) bond motifs is 1. The van der Waals surface area contributed by atoms with E-state index in [2.05, 4.69) is 16.4 Å². The lowest BCUT2D eigenvalue weighted by atomic mass is 10.1. The predicted octanol–water partition coefficient (Wildman–Crippen LogP) is 2.29. The number of aliphatic hydroxyl groups excluding tert-OH is 1. The highest BCUT2D eigenvalue weighted by molar-refractivity contribution is 5.93. The summed E-state index contributed by atoms with van der Waals surface area (Å²) in [6.07, 6.45) is 3.69. The van der Waals surface area contributed by atoms with E-state index in [1.54, 1.807) is 6.20 Å². The van der Waals surface area contributed by atoms with Crippen LogP contribution in [0.3, 0.4) is 0 Å². The standard InChI is InChI=1S/C15H15N3O/c16-7-11-8-17-13-4-2-1-3-12(13)14(11)18-9-15(10-19)5-6-15/h1-4,8,19H,5-6,9-10H2,(H,17,18). The van der Waals surface area contributed by atoms with Crippen LogP contribution in [0.2, 0.25) is 0 Å². The number of hydrogen-bond donors (Lipinski definition) is 2. The zero-order chi connectivity index (χ0) is 13.3. The van der Waals surface area contributed by atoms with Gasteiger partial charge in [0.2, 0.25) is 0 Å². The van der Waals surface area contributed by atoms with Gasteiger partial charge in [0, 0.05) is 23.5 Å². The molecule has 4 nitrogen and oxygen atoms in total. The molecule has 0 saturated heterocycles. The lowest BCUT2D eigenvalue weighted by Gasteiger charge is -2.16. The zero-order valence-electron chi connectivity index (χ0n) is 10.6. The van der Waals surface area contributed by atoms with Crippen molar-refractivity contribution < 1.29 is 5.11 Å². The van der Waals surface area contributed by atoms with E-state index >= 15 is 0 Å². The number of nitrogens with one attached hydrogen (secondary N) is 1. The molecule has 1 fully saturated rings. The molecule has 2 aromatic rings. The van der Waals surface area contributed by atoms with Crippen molar-refractivity contribution in [2.45, 2.75) is 12.8 Å². The fraction of sp³-hybridized carbons (Fsp3) is 0.333. The number of aromatic nitrogens is 1. The van der Waals surface area contributed by atoms with Crippen LogP contribution in [0.4, 0.5) is 5.69 Å². The summed E-state index contributed by atoms with van der Waals surface area (Å²) in [5.74, 6) is 0. The molecule has 19 heavy (non-hydrogen) atoms. The van der Waals surface area contributed by atoms with Crippen molar-refractivity contribution in [1.29, 1.82) is 5.26 Å². The summed E-state index contributed by atoms with van der Waals surface area (Å²) in [5.41, 5.74) is 2.26. The van der Waals surface area contributed by atoms with Crippen molar-refractivity contribution in [3.05, 3.63) is 36.0 Å². The topological polar surface area (TPSA) is 68.9 Å². The van der Waals surface area contributed by atoms with Crippen LogP contribution in [0.25, 0.3) is 10.9 Å². The van der Waals surface area contributed by atoms with E-state index in [0.717, 1.165) is 29.4 Å². The summed E-state index contributed by atoms with van der Waals surface area (Å²) in [6.45, 7) is 0.900. The minimum Gasteiger partial charge on any atom is -0.396 e. The largest absolute Gasteiger partial charge is 0.396 e. The molecule has 0 spiro atoms. The Hall–Kier alpha value is -2.12. The molecule has 1 aliphatic rings. The van der Waals surface area contributed by atoms with Crippen LogP contribution in [0.5, 0.6) is 0 Å². The number of anilines is 1. The van der Waals surface area contributed by atoms with E-state index in [0.29, 0.717) is 12.1 Å². The summed E-state index contributed by atoms with van der Waals surface area (Å²) in [5, 5.41) is 22.9. The van der Waals surface area contributed by atoms with Gasteiger partial charge in [0.1, 0.15) is 6.07 Å². The van der Waals surface area contributed by atoms with Crippen molar-refractivity contribution in [3.63, 3.8) is 0 Å². The minimum atomic E-state index is 0.0110. The molecule has 0 atom stereocenters. The summed E-state index contributed by atoms with van der Waals surface area (Å²) in [7, 11) is 0. The van der Waals surface area contributed by atoms with Gasteiger partial charge in [0.05, 0.1) is 23.4 Å². The molecule has 0 amide bonds. The Labute approximate surface area is 111 Å². The van der Waals surface area contributed by atoms with Gasteiger partial charge in [0.15, 0.2) is 0 Å². The van der Waals surface area contributed by atoms with Gasteiger partial charge in [-0.1, -0.05) is 18.2 Å². The summed E-state index contributed by atoms with van der Waals surface area (Å²) >= 11 is 0. The number of pyridine rings is 1. The van der Waals surface area contributed by atoms with Gasteiger partial charge in [-0.3, -0.25) is 4.98 Å². The van der Waals surface area contributed by atoms with Gasteiger partial charge < -0.3 is 10.4 Å². The first kappa shape index (κ1) is 11.9. The smallest absolute Gasteiger partial charge is 0.103 e. The molecule has 0 bridgehead atoms. The number of rotatable bonds is 4. The fourth-order valence-corrected chi connectivity index (χ4v) is 2.26. The number of para-hydroxylation sites is 1. The molecule has 96 valence electrons. The Morgan fingerprint density at radius 2 is 2.16 bits per heavy atom. The van der Waals surface area contributed by atoms with Crippen LogP contribution in [0.1, 0.15) is 18.4 Å². The van der Waals surface area contributed by atoms with Gasteiger partial charge in [0.25, 0.3) is 0 Å². The maximum atomic E-state index is 9.36. The third kappa shape index (κ3) is 2.13. The molecule has 4 heteroatoms. The maximum absolute atomic E-state index is 9.36. The van der Waals surface area contributed by atoms with Crippen LogP contribution in [-0.2, 0) is 0 Å². The predicted molar refractivity (Wildman–Crippen MR) is 73.7 cm³/mol. The third-order valence-electron chi connectivity index (χ3n) is 3.83. The second-order valence-corrected chi connectivity index (χ2v) is 5.19. The van der Waals surface area contributed by atoms with Crippen LogP contribution >= 0.6 is 0 Å². The highest BCUT2D eigenvalue weighted by atomic mass is 16.3. The van der Waals surface area contributed by atoms with Crippen molar-refractivity contribution >= 4 is 16.6 Å². The first-order chi connectivity index (χ1) is 9.28. The molecular formula is C15H15N3O. The Bertz CT molecular complexity index is 656. The lowest BCUT2D eigenvalue weighted by Crippen LogP contribution is -2.19. The normalized spacial score (nSPS) is 16.0. The van der Waals surface area contributed by atoms with Gasteiger partial charge in [-0.25, -0.2) is 0 Å². The van der Waals surface area contributed by atoms with Crippen molar-refractivity contribution in [3.8, 4) is 6.07 Å². The average molecular weight is 253 g/mol. The highest BCUT2D eigenvalue weighted by Gasteiger charge is 2.41. The molecule has 1 aliphatic carbocycles. The van der Waals surface area contributed by atoms with Gasteiger partial charge in [-0.2, -0.15) is 5.26 Å². The van der Waals surface area contributed by atoms with E-state index in [1.807, 2.05) is 24.3 Å². The fourth-order valence-electron chi connectivity index (χ4n) is 2.26. The van der Waals surface area contributed by atoms with Crippen LogP contribution in [0, 0.1) is 16.7 Å². The van der Waals surface area contributed by atoms with Crippen LogP contribution in [0.15, 0.2) is 30.5 Å². The van der Waals surface area contributed by atoms with Crippen molar-refractivity contribution in [1.82, 2.24) is 4.98 Å². The molecule has 3 rings (SSSR count). The van der Waals surface area contributed by atoms with E-state index in [-0.39, 0.29) is 12.0 Å². The van der Waals surface area contributed by atoms with Gasteiger partial charge >= 0.3 is 0 Å². The lowest BCUT2D eigenvalue weighted by molar-refractivity contribution is 0.220. The molecular weight excluding hydrogens is 238 g/mol. The average Bonchev–Trinajstić information content (AvgIpc) is 3.25. The molecule has 1 saturated carbocycles. The van der Waals surface area contributed by atoms with E-state index in [1.165, 1.54) is 0 Å². The van der Waals surface area contributed by atoms with E-state index < -0.39 is 0 Å². The Kier molecular flexibility index (Phi) is 2.84. The first-order valence-electron chi connectivity index (χ1n) is 6.41. The minimum absolute atomic E-state index is 0.0110. The second-order valence-electron chi connectivity index (χ2n) is 5.19. The molecule has 0 radical (unpaired) electrons. The van der Waals surface area contributed by atoms with Gasteiger partial charge in [-0.05, 0) is 18.9 Å². The summed E-state index contributed by atoms with van der Waals surface area (Å²) in [6, 6.07) is 9.94. The molecule has 1 heterocycles. The maximum Gasteiger partial charge on any atom is 0.103 e. The summed E-state index contributed by atoms with van der Waals surface area (Å²) in [4.78, 5) is 4.28. The Morgan fingerprint density at radius 3 is 2.84 bits per heavy atom. The Balaban J connectivity index is 1.98. The van der Waals surface area contributed by atoms with Crippen LogP contribution in [-0.4, -0.2) is 23.2 Å². The van der Waals surface area contributed by atoms with E-state index in [4.69, 9.17) is 0 Å². The number of hydrogen-bond acceptors (Lipinski definition) is 4. The number of nitrogens with zero attached hydrogens (tertiary/aromatic N) is 2.